The molecule has 7 heteroatoms. The monoisotopic (exact) mass is 325 g/mol. The van der Waals surface area contributed by atoms with Crippen molar-refractivity contribution in [3.05, 3.63) is 42.7 Å². The van der Waals surface area contributed by atoms with Gasteiger partial charge in [0, 0.05) is 18.0 Å². The molecule has 0 amide bonds. The molecule has 0 bridgehead atoms. The molecule has 6 nitrogen and oxygen atoms in total. The summed E-state index contributed by atoms with van der Waals surface area (Å²) in [6.45, 7) is 0.786. The van der Waals surface area contributed by atoms with Gasteiger partial charge in [0.25, 0.3) is 0 Å². The molecule has 116 valence electrons. The Morgan fingerprint density at radius 2 is 2.09 bits per heavy atom. The second-order valence-electron chi connectivity index (χ2n) is 5.13. The van der Waals surface area contributed by atoms with Gasteiger partial charge in [-0.2, -0.15) is 9.61 Å². The number of thiophene rings is 1. The Morgan fingerprint density at radius 1 is 1.22 bits per heavy atom. The van der Waals surface area contributed by atoms with Crippen molar-refractivity contribution in [2.75, 3.05) is 18.5 Å². The van der Waals surface area contributed by atoms with E-state index in [1.165, 1.54) is 11.9 Å². The Labute approximate surface area is 136 Å². The third kappa shape index (κ3) is 2.54. The molecule has 0 spiro atoms. The lowest BCUT2D eigenvalue weighted by Crippen LogP contribution is -2.09. The predicted molar refractivity (Wildman–Crippen MR) is 91.8 cm³/mol. The van der Waals surface area contributed by atoms with E-state index in [1.807, 2.05) is 18.2 Å². The second kappa shape index (κ2) is 5.94. The zero-order valence-electron chi connectivity index (χ0n) is 12.3. The van der Waals surface area contributed by atoms with Gasteiger partial charge in [-0.25, -0.2) is 9.97 Å². The average molecular weight is 325 g/mol. The summed E-state index contributed by atoms with van der Waals surface area (Å²) in [7, 11) is 0. The van der Waals surface area contributed by atoms with Crippen LogP contribution in [0, 0.1) is 0 Å². The van der Waals surface area contributed by atoms with Crippen LogP contribution in [0.4, 0.5) is 5.95 Å². The van der Waals surface area contributed by atoms with Crippen molar-refractivity contribution in [2.45, 2.75) is 6.42 Å². The summed E-state index contributed by atoms with van der Waals surface area (Å²) in [6.07, 6.45) is 2.20. The van der Waals surface area contributed by atoms with Crippen molar-refractivity contribution in [1.29, 1.82) is 0 Å². The molecule has 1 aromatic carbocycles. The van der Waals surface area contributed by atoms with Crippen LogP contribution in [0.15, 0.2) is 42.7 Å². The Morgan fingerprint density at radius 3 is 2.91 bits per heavy atom. The highest BCUT2D eigenvalue weighted by atomic mass is 32.1. The highest BCUT2D eigenvalue weighted by molar-refractivity contribution is 7.22. The van der Waals surface area contributed by atoms with E-state index in [-0.39, 0.29) is 6.61 Å². The quantitative estimate of drug-likeness (QED) is 0.552. The lowest BCUT2D eigenvalue weighted by molar-refractivity contribution is 0.292. The molecular formula is C16H15N5OS. The molecule has 3 heterocycles. The number of aliphatic hydroxyl groups excluding tert-OH is 1. The highest BCUT2D eigenvalue weighted by Crippen LogP contribution is 2.34. The van der Waals surface area contributed by atoms with Gasteiger partial charge in [-0.3, -0.25) is 0 Å². The van der Waals surface area contributed by atoms with Gasteiger partial charge in [-0.05, 0) is 18.1 Å². The second-order valence-corrected chi connectivity index (χ2v) is 6.16. The third-order valence-corrected chi connectivity index (χ3v) is 4.66. The molecule has 0 aliphatic rings. The molecule has 4 aromatic rings. The lowest BCUT2D eigenvalue weighted by Gasteiger charge is -2.06. The van der Waals surface area contributed by atoms with Crippen molar-refractivity contribution >= 4 is 33.1 Å². The summed E-state index contributed by atoms with van der Waals surface area (Å²) >= 11 is 1.64. The van der Waals surface area contributed by atoms with Crippen LogP contribution in [-0.2, 0) is 0 Å². The van der Waals surface area contributed by atoms with Crippen molar-refractivity contribution in [1.82, 2.24) is 19.6 Å². The number of anilines is 1. The Balaban J connectivity index is 1.84. The Bertz CT molecular complexity index is 947. The number of nitrogens with zero attached hydrogens (tertiary/aromatic N) is 4. The highest BCUT2D eigenvalue weighted by Gasteiger charge is 2.14. The molecule has 0 atom stereocenters. The third-order valence-electron chi connectivity index (χ3n) is 3.59. The van der Waals surface area contributed by atoms with Gasteiger partial charge in [0.05, 0.1) is 5.39 Å². The summed E-state index contributed by atoms with van der Waals surface area (Å²) in [5.74, 6) is 0.653. The standard InChI is InChI=1S/C16H15N5OS/c22-8-4-7-17-16-20-15-12(14-18-10-19-21(14)16)9-13(23-15)11-5-2-1-3-6-11/h1-3,5-6,9-10,22H,4,7-8H2,(H,17,20). The number of benzene rings is 1. The number of nitrogens with one attached hydrogen (secondary N) is 1. The topological polar surface area (TPSA) is 75.3 Å². The van der Waals surface area contributed by atoms with E-state index in [0.29, 0.717) is 18.9 Å². The maximum absolute atomic E-state index is 8.93. The van der Waals surface area contributed by atoms with E-state index in [4.69, 9.17) is 5.11 Å². The van der Waals surface area contributed by atoms with Gasteiger partial charge in [-0.15, -0.1) is 11.3 Å². The number of hydrogen-bond acceptors (Lipinski definition) is 6. The van der Waals surface area contributed by atoms with Gasteiger partial charge in [0.2, 0.25) is 5.95 Å². The molecular weight excluding hydrogens is 310 g/mol. The fourth-order valence-electron chi connectivity index (χ4n) is 2.49. The van der Waals surface area contributed by atoms with Gasteiger partial charge < -0.3 is 10.4 Å². The van der Waals surface area contributed by atoms with Crippen LogP contribution in [0.2, 0.25) is 0 Å². The fraction of sp³-hybridized carbons (Fsp3) is 0.188. The first-order chi connectivity index (χ1) is 11.4. The molecule has 23 heavy (non-hydrogen) atoms. The van der Waals surface area contributed by atoms with Crippen molar-refractivity contribution < 1.29 is 5.11 Å². The van der Waals surface area contributed by atoms with Gasteiger partial charge in [0.1, 0.15) is 11.2 Å². The minimum Gasteiger partial charge on any atom is -0.396 e. The molecule has 0 fully saturated rings. The van der Waals surface area contributed by atoms with Crippen LogP contribution >= 0.6 is 11.3 Å². The average Bonchev–Trinajstić information content (AvgIpc) is 3.22. The molecule has 0 saturated carbocycles. The fourth-order valence-corrected chi connectivity index (χ4v) is 3.52. The minimum atomic E-state index is 0.146. The zero-order chi connectivity index (χ0) is 15.6. The molecule has 0 aliphatic carbocycles. The van der Waals surface area contributed by atoms with Crippen molar-refractivity contribution in [2.24, 2.45) is 0 Å². The maximum atomic E-state index is 8.93. The van der Waals surface area contributed by atoms with Crippen LogP contribution in [-0.4, -0.2) is 37.8 Å². The van der Waals surface area contributed by atoms with Crippen LogP contribution < -0.4 is 5.32 Å². The van der Waals surface area contributed by atoms with Crippen LogP contribution in [0.3, 0.4) is 0 Å². The van der Waals surface area contributed by atoms with Crippen LogP contribution in [0.25, 0.3) is 26.3 Å². The predicted octanol–water partition coefficient (Wildman–Crippen LogP) is 2.80. The maximum Gasteiger partial charge on any atom is 0.227 e. The summed E-state index contributed by atoms with van der Waals surface area (Å²) in [4.78, 5) is 11.1. The van der Waals surface area contributed by atoms with E-state index in [0.717, 1.165) is 20.7 Å². The normalized spacial score (nSPS) is 11.3. The molecule has 4 rings (SSSR count). The van der Waals surface area contributed by atoms with Crippen LogP contribution in [0.5, 0.6) is 0 Å². The zero-order valence-corrected chi connectivity index (χ0v) is 13.1. The molecule has 3 aromatic heterocycles. The van der Waals surface area contributed by atoms with E-state index in [1.54, 1.807) is 15.9 Å². The molecule has 0 radical (unpaired) electrons. The summed E-state index contributed by atoms with van der Waals surface area (Å²) < 4.78 is 1.71. The van der Waals surface area contributed by atoms with E-state index < -0.39 is 0 Å². The summed E-state index contributed by atoms with van der Waals surface area (Å²) in [5.41, 5.74) is 1.96. The lowest BCUT2D eigenvalue weighted by atomic mass is 10.2. The largest absolute Gasteiger partial charge is 0.396 e. The van der Waals surface area contributed by atoms with E-state index in [9.17, 15) is 0 Å². The summed E-state index contributed by atoms with van der Waals surface area (Å²) in [5, 5.41) is 17.4. The van der Waals surface area contributed by atoms with E-state index >= 15 is 0 Å². The SMILES string of the molecule is OCCCNc1nc2sc(-c3ccccc3)cc2c2ncnn12. The number of aliphatic hydroxyl groups is 1. The van der Waals surface area contributed by atoms with Crippen molar-refractivity contribution in [3.63, 3.8) is 0 Å². The Hall–Kier alpha value is -2.51. The van der Waals surface area contributed by atoms with E-state index in [2.05, 4.69) is 38.6 Å². The Kier molecular flexibility index (Phi) is 3.64. The molecule has 0 unspecified atom stereocenters. The first-order valence-electron chi connectivity index (χ1n) is 7.40. The number of aromatic nitrogens is 4. The minimum absolute atomic E-state index is 0.146. The number of fused-ring (bicyclic) bond motifs is 3. The molecule has 2 N–H and O–H groups in total. The van der Waals surface area contributed by atoms with Gasteiger partial charge in [-0.1, -0.05) is 30.3 Å². The van der Waals surface area contributed by atoms with Crippen molar-refractivity contribution in [3.8, 4) is 10.4 Å². The number of hydrogen-bond donors (Lipinski definition) is 2. The van der Waals surface area contributed by atoms with Gasteiger partial charge in [0.15, 0.2) is 5.65 Å². The van der Waals surface area contributed by atoms with Crippen LogP contribution in [0.1, 0.15) is 6.42 Å². The first kappa shape index (κ1) is 14.1. The first-order valence-corrected chi connectivity index (χ1v) is 8.22. The smallest absolute Gasteiger partial charge is 0.227 e. The summed E-state index contributed by atoms with van der Waals surface area (Å²) in [6, 6.07) is 12.4. The number of rotatable bonds is 5. The molecule has 0 aliphatic heterocycles. The van der Waals surface area contributed by atoms with Gasteiger partial charge >= 0.3 is 0 Å². The molecule has 0 saturated heterocycles.